The number of nitrogens with one attached hydrogen (secondary N) is 2. The van der Waals surface area contributed by atoms with Gasteiger partial charge in [-0.1, -0.05) is 32.0 Å². The van der Waals surface area contributed by atoms with Gasteiger partial charge in [-0.25, -0.2) is 19.8 Å². The van der Waals surface area contributed by atoms with Gasteiger partial charge in [0, 0.05) is 5.69 Å². The molecule has 0 unspecified atom stereocenters. The lowest BCUT2D eigenvalue weighted by atomic mass is 10.0. The Labute approximate surface area is 153 Å². The third-order valence-electron chi connectivity index (χ3n) is 3.09. The zero-order valence-electron chi connectivity index (χ0n) is 16.0. The number of anilines is 1. The minimum atomic E-state index is -1.01. The molecule has 0 aliphatic rings. The molecule has 0 aromatic heterocycles. The Balaban J connectivity index is 3.00. The molecule has 0 heterocycles. The van der Waals surface area contributed by atoms with E-state index in [1.54, 1.807) is 39.8 Å². The average Bonchev–Trinajstić information content (AvgIpc) is 2.51. The van der Waals surface area contributed by atoms with Crippen molar-refractivity contribution in [3.63, 3.8) is 0 Å². The summed E-state index contributed by atoms with van der Waals surface area (Å²) < 4.78 is 9.93. The van der Waals surface area contributed by atoms with Crippen LogP contribution in [0.5, 0.6) is 0 Å². The van der Waals surface area contributed by atoms with Gasteiger partial charge in [-0.2, -0.15) is 0 Å². The molecule has 8 nitrogen and oxygen atoms in total. The zero-order valence-corrected chi connectivity index (χ0v) is 16.0. The highest BCUT2D eigenvalue weighted by Crippen LogP contribution is 2.23. The highest BCUT2D eigenvalue weighted by atomic mass is 16.6. The van der Waals surface area contributed by atoms with Crippen LogP contribution < -0.4 is 10.7 Å². The van der Waals surface area contributed by atoms with Crippen LogP contribution in [0.3, 0.4) is 0 Å². The molecule has 0 spiro atoms. The maximum Gasteiger partial charge on any atom is 0.437 e. The molecule has 0 radical (unpaired) electrons. The van der Waals surface area contributed by atoms with E-state index in [0.29, 0.717) is 10.7 Å². The first kappa shape index (κ1) is 21.3. The molecule has 1 aromatic carbocycles. The van der Waals surface area contributed by atoms with Gasteiger partial charge in [0.05, 0.1) is 12.2 Å². The Hall–Kier alpha value is -2.77. The topological polar surface area (TPSA) is 97.0 Å². The summed E-state index contributed by atoms with van der Waals surface area (Å²) in [5.41, 5.74) is 3.54. The van der Waals surface area contributed by atoms with Crippen LogP contribution in [0, 0.1) is 0 Å². The molecule has 0 bridgehead atoms. The van der Waals surface area contributed by atoms with Crippen molar-refractivity contribution < 1.29 is 23.9 Å². The largest absolute Gasteiger partial charge is 0.446 e. The summed E-state index contributed by atoms with van der Waals surface area (Å²) in [6.45, 7) is 10.5. The molecule has 0 aliphatic carbocycles. The molecular formula is C18H27N3O5. The summed E-state index contributed by atoms with van der Waals surface area (Å²) >= 11 is 0. The third-order valence-corrected chi connectivity index (χ3v) is 3.09. The molecule has 4 amide bonds. The summed E-state index contributed by atoms with van der Waals surface area (Å²) in [7, 11) is 0. The molecule has 0 saturated carbocycles. The van der Waals surface area contributed by atoms with Gasteiger partial charge >= 0.3 is 18.2 Å². The van der Waals surface area contributed by atoms with Crippen molar-refractivity contribution in [2.24, 2.45) is 0 Å². The Morgan fingerprint density at radius 2 is 1.50 bits per heavy atom. The van der Waals surface area contributed by atoms with Crippen molar-refractivity contribution in [1.82, 2.24) is 10.4 Å². The van der Waals surface area contributed by atoms with Crippen molar-refractivity contribution in [2.75, 3.05) is 5.32 Å². The van der Waals surface area contributed by atoms with E-state index in [1.807, 2.05) is 26.0 Å². The number of hydrogen-bond acceptors (Lipinski definition) is 5. The van der Waals surface area contributed by atoms with Gasteiger partial charge in [-0.3, -0.25) is 0 Å². The fraction of sp³-hybridized carbons (Fsp3) is 0.500. The molecule has 1 aromatic rings. The zero-order chi connectivity index (χ0) is 19.9. The van der Waals surface area contributed by atoms with E-state index >= 15 is 0 Å². The van der Waals surface area contributed by atoms with Crippen LogP contribution in [-0.2, 0) is 9.47 Å². The first-order valence-electron chi connectivity index (χ1n) is 8.49. The van der Waals surface area contributed by atoms with Crippen LogP contribution in [-0.4, -0.2) is 35.4 Å². The molecule has 0 saturated heterocycles. The van der Waals surface area contributed by atoms with Crippen molar-refractivity contribution in [3.05, 3.63) is 29.8 Å². The van der Waals surface area contributed by atoms with Crippen LogP contribution in [0.4, 0.5) is 20.1 Å². The van der Waals surface area contributed by atoms with Crippen molar-refractivity contribution in [1.29, 1.82) is 0 Å². The number of benzene rings is 1. The van der Waals surface area contributed by atoms with Gasteiger partial charge in [0.1, 0.15) is 0 Å². The Kier molecular flexibility index (Phi) is 7.89. The predicted molar refractivity (Wildman–Crippen MR) is 97.8 cm³/mol. The number of hydrazine groups is 1. The van der Waals surface area contributed by atoms with Crippen LogP contribution in [0.1, 0.15) is 53.0 Å². The molecule has 0 fully saturated rings. The maximum absolute atomic E-state index is 12.6. The van der Waals surface area contributed by atoms with Gasteiger partial charge in [0.25, 0.3) is 0 Å². The summed E-state index contributed by atoms with van der Waals surface area (Å²) in [6.07, 6.45) is -2.83. The van der Waals surface area contributed by atoms with Crippen molar-refractivity contribution >= 4 is 23.9 Å². The van der Waals surface area contributed by atoms with E-state index in [2.05, 4.69) is 10.7 Å². The van der Waals surface area contributed by atoms with Gasteiger partial charge < -0.3 is 14.8 Å². The van der Waals surface area contributed by atoms with E-state index < -0.39 is 30.4 Å². The molecule has 0 atom stereocenters. The van der Waals surface area contributed by atoms with Crippen LogP contribution in [0.15, 0.2) is 24.3 Å². The third kappa shape index (κ3) is 6.62. The lowest BCUT2D eigenvalue weighted by Gasteiger charge is -2.23. The fourth-order valence-corrected chi connectivity index (χ4v) is 2.05. The fourth-order valence-electron chi connectivity index (χ4n) is 2.05. The molecule has 144 valence electrons. The Bertz CT molecular complexity index is 643. The first-order chi connectivity index (χ1) is 12.1. The summed E-state index contributed by atoms with van der Waals surface area (Å²) in [5.74, 6) is 0.154. The highest BCUT2D eigenvalue weighted by Gasteiger charge is 2.28. The summed E-state index contributed by atoms with van der Waals surface area (Å²) in [6, 6.07) is 6.35. The normalized spacial score (nSPS) is 10.7. The van der Waals surface area contributed by atoms with E-state index in [-0.39, 0.29) is 5.92 Å². The Morgan fingerprint density at radius 1 is 0.923 bits per heavy atom. The van der Waals surface area contributed by atoms with Crippen molar-refractivity contribution in [2.45, 2.75) is 59.7 Å². The number of para-hydroxylation sites is 1. The van der Waals surface area contributed by atoms with E-state index in [9.17, 15) is 14.4 Å². The monoisotopic (exact) mass is 365 g/mol. The number of carbonyl (C=O) groups excluding carboxylic acids is 3. The minimum Gasteiger partial charge on any atom is -0.446 e. The highest BCUT2D eigenvalue weighted by molar-refractivity contribution is 6.00. The second-order valence-corrected chi connectivity index (χ2v) is 6.51. The van der Waals surface area contributed by atoms with Gasteiger partial charge in [-0.15, -0.1) is 5.01 Å². The second kappa shape index (κ2) is 9.65. The maximum atomic E-state index is 12.6. The predicted octanol–water partition coefficient (Wildman–Crippen LogP) is 4.24. The van der Waals surface area contributed by atoms with Gasteiger partial charge in [0.2, 0.25) is 0 Å². The van der Waals surface area contributed by atoms with Crippen molar-refractivity contribution in [3.8, 4) is 0 Å². The summed E-state index contributed by atoms with van der Waals surface area (Å²) in [4.78, 5) is 36.6. The molecule has 0 aliphatic heterocycles. The number of ether oxygens (including phenoxy) is 2. The standard InChI is InChI=1S/C18H27N3O5/c1-11(2)14-9-7-8-10-15(14)19-16(22)21(18(24)26-13(5)6)20-17(23)25-12(3)4/h7-13H,1-6H3,(H,19,22)(H,20,23). The second-order valence-electron chi connectivity index (χ2n) is 6.51. The molecule has 2 N–H and O–H groups in total. The number of urea groups is 1. The summed E-state index contributed by atoms with van der Waals surface area (Å²) in [5, 5.41) is 3.08. The lowest BCUT2D eigenvalue weighted by molar-refractivity contribution is 0.0602. The average molecular weight is 365 g/mol. The molecular weight excluding hydrogens is 338 g/mol. The van der Waals surface area contributed by atoms with Crippen LogP contribution >= 0.6 is 0 Å². The number of imide groups is 1. The SMILES string of the molecule is CC(C)OC(=O)NN(C(=O)Nc1ccccc1C(C)C)C(=O)OC(C)C. The molecule has 1 rings (SSSR count). The van der Waals surface area contributed by atoms with Gasteiger partial charge in [0.15, 0.2) is 0 Å². The van der Waals surface area contributed by atoms with E-state index in [1.165, 1.54) is 0 Å². The van der Waals surface area contributed by atoms with E-state index in [0.717, 1.165) is 5.56 Å². The number of carbonyl (C=O) groups is 3. The number of amides is 4. The smallest absolute Gasteiger partial charge is 0.437 e. The molecule has 26 heavy (non-hydrogen) atoms. The number of rotatable bonds is 4. The Morgan fingerprint density at radius 3 is 2.04 bits per heavy atom. The molecule has 8 heteroatoms. The minimum absolute atomic E-state index is 0.154. The quantitative estimate of drug-likeness (QED) is 0.778. The number of nitrogens with zero attached hydrogens (tertiary/aromatic N) is 1. The van der Waals surface area contributed by atoms with E-state index in [4.69, 9.17) is 9.47 Å². The number of hydrogen-bond donors (Lipinski definition) is 2. The van der Waals surface area contributed by atoms with Gasteiger partial charge in [-0.05, 0) is 45.2 Å². The van der Waals surface area contributed by atoms with Crippen LogP contribution in [0.25, 0.3) is 0 Å². The van der Waals surface area contributed by atoms with Crippen LogP contribution in [0.2, 0.25) is 0 Å². The first-order valence-corrected chi connectivity index (χ1v) is 8.49. The lowest BCUT2D eigenvalue weighted by Crippen LogP contribution is -2.52.